The molecule has 1 aliphatic rings. The molecule has 0 saturated heterocycles. The van der Waals surface area contributed by atoms with Crippen molar-refractivity contribution in [2.24, 2.45) is 0 Å². The molecule has 0 fully saturated rings. The third-order valence-electron chi connectivity index (χ3n) is 4.27. The van der Waals surface area contributed by atoms with Crippen molar-refractivity contribution >= 4 is 6.16 Å². The lowest BCUT2D eigenvalue weighted by Crippen LogP contribution is -2.41. The third kappa shape index (κ3) is 3.28. The summed E-state index contributed by atoms with van der Waals surface area (Å²) >= 11 is 0. The molecule has 1 aromatic rings. The molecule has 5 heteroatoms. The summed E-state index contributed by atoms with van der Waals surface area (Å²) in [5.74, 6) is 0.624. The van der Waals surface area contributed by atoms with Crippen molar-refractivity contribution in [2.75, 3.05) is 13.7 Å². The van der Waals surface area contributed by atoms with Crippen LogP contribution in [0.25, 0.3) is 0 Å². The van der Waals surface area contributed by atoms with Crippen LogP contribution in [0.2, 0.25) is 0 Å². The van der Waals surface area contributed by atoms with Gasteiger partial charge in [-0.15, -0.1) is 0 Å². The second-order valence-electron chi connectivity index (χ2n) is 5.90. The van der Waals surface area contributed by atoms with Gasteiger partial charge in [0, 0.05) is 18.9 Å². The summed E-state index contributed by atoms with van der Waals surface area (Å²) in [4.78, 5) is 11.4. The number of ether oxygens (including phenoxy) is 4. The highest BCUT2D eigenvalue weighted by Crippen LogP contribution is 2.44. The number of rotatable bonds is 4. The lowest BCUT2D eigenvalue weighted by atomic mass is 9.91. The maximum Gasteiger partial charge on any atom is 0.511 e. The first-order valence-corrected chi connectivity index (χ1v) is 7.65. The Hall–Kier alpha value is -2.17. The zero-order valence-corrected chi connectivity index (χ0v) is 14.4. The minimum absolute atomic E-state index is 0.462. The predicted molar refractivity (Wildman–Crippen MR) is 87.2 cm³/mol. The molecule has 0 N–H and O–H groups in total. The van der Waals surface area contributed by atoms with Gasteiger partial charge in [-0.3, -0.25) is 0 Å². The summed E-state index contributed by atoms with van der Waals surface area (Å²) in [6, 6.07) is 0. The summed E-state index contributed by atoms with van der Waals surface area (Å²) in [6.45, 7) is 11.9. The topological polar surface area (TPSA) is 54.0 Å². The molecule has 0 bridgehead atoms. The van der Waals surface area contributed by atoms with E-state index < -0.39 is 11.9 Å². The van der Waals surface area contributed by atoms with E-state index in [0.717, 1.165) is 40.2 Å². The SMILES string of the molecule is C=CCOc1c(C)c(C)c2c(c1C)CCC(C)(OC(=O)OC)O2. The Morgan fingerprint density at radius 1 is 1.30 bits per heavy atom. The molecule has 1 aromatic carbocycles. The predicted octanol–water partition coefficient (Wildman–Crippen LogP) is 4.00. The van der Waals surface area contributed by atoms with E-state index in [-0.39, 0.29) is 0 Å². The molecule has 1 aliphatic heterocycles. The number of carbonyl (C=O) groups excluding carboxylic acids is 1. The molecule has 0 radical (unpaired) electrons. The molecule has 0 saturated carbocycles. The van der Waals surface area contributed by atoms with Crippen molar-refractivity contribution in [2.45, 2.75) is 46.3 Å². The fourth-order valence-corrected chi connectivity index (χ4v) is 2.86. The van der Waals surface area contributed by atoms with Crippen molar-refractivity contribution in [3.05, 3.63) is 34.9 Å². The van der Waals surface area contributed by atoms with Crippen LogP contribution in [0.3, 0.4) is 0 Å². The normalized spacial score (nSPS) is 19.3. The van der Waals surface area contributed by atoms with Gasteiger partial charge >= 0.3 is 6.16 Å². The highest BCUT2D eigenvalue weighted by molar-refractivity contribution is 5.61. The lowest BCUT2D eigenvalue weighted by molar-refractivity contribution is -0.152. The van der Waals surface area contributed by atoms with Crippen molar-refractivity contribution in [3.63, 3.8) is 0 Å². The molecule has 0 amide bonds. The van der Waals surface area contributed by atoms with Gasteiger partial charge in [0.25, 0.3) is 5.79 Å². The Morgan fingerprint density at radius 2 is 2.00 bits per heavy atom. The third-order valence-corrected chi connectivity index (χ3v) is 4.27. The molecular formula is C18H24O5. The van der Waals surface area contributed by atoms with E-state index in [0.29, 0.717) is 13.0 Å². The van der Waals surface area contributed by atoms with Gasteiger partial charge in [-0.05, 0) is 43.9 Å². The summed E-state index contributed by atoms with van der Waals surface area (Å²) in [7, 11) is 1.28. The van der Waals surface area contributed by atoms with Crippen LogP contribution >= 0.6 is 0 Å². The van der Waals surface area contributed by atoms with Crippen molar-refractivity contribution in [3.8, 4) is 11.5 Å². The minimum Gasteiger partial charge on any atom is -0.489 e. The van der Waals surface area contributed by atoms with E-state index in [9.17, 15) is 4.79 Å². The standard InChI is InChI=1S/C18H24O5/c1-7-10-21-15-11(2)12(3)16-14(13(15)4)8-9-18(5,22-16)23-17(19)20-6/h7H,1,8-10H2,2-6H3. The fourth-order valence-electron chi connectivity index (χ4n) is 2.86. The van der Waals surface area contributed by atoms with Crippen LogP contribution in [0.5, 0.6) is 11.5 Å². The van der Waals surface area contributed by atoms with Gasteiger partial charge in [-0.25, -0.2) is 4.79 Å². The van der Waals surface area contributed by atoms with E-state index >= 15 is 0 Å². The molecule has 5 nitrogen and oxygen atoms in total. The average Bonchev–Trinajstić information content (AvgIpc) is 2.52. The van der Waals surface area contributed by atoms with E-state index in [2.05, 4.69) is 11.3 Å². The highest BCUT2D eigenvalue weighted by Gasteiger charge is 2.38. The molecular weight excluding hydrogens is 296 g/mol. The summed E-state index contributed by atoms with van der Waals surface area (Å²) in [6.07, 6.45) is 2.28. The van der Waals surface area contributed by atoms with Crippen molar-refractivity contribution in [1.29, 1.82) is 0 Å². The van der Waals surface area contributed by atoms with E-state index in [1.54, 1.807) is 13.0 Å². The Balaban J connectivity index is 2.41. The highest BCUT2D eigenvalue weighted by atomic mass is 16.8. The molecule has 126 valence electrons. The van der Waals surface area contributed by atoms with Gasteiger partial charge in [0.1, 0.15) is 18.1 Å². The molecule has 1 atom stereocenters. The summed E-state index contributed by atoms with van der Waals surface area (Å²) < 4.78 is 21.7. The maximum atomic E-state index is 11.4. The van der Waals surface area contributed by atoms with Crippen LogP contribution in [-0.2, 0) is 15.9 Å². The van der Waals surface area contributed by atoms with Crippen LogP contribution in [0.4, 0.5) is 4.79 Å². The molecule has 2 rings (SSSR count). The number of carbonyl (C=O) groups is 1. The fraction of sp³-hybridized carbons (Fsp3) is 0.500. The Kier molecular flexibility index (Phi) is 4.88. The Morgan fingerprint density at radius 3 is 2.61 bits per heavy atom. The number of fused-ring (bicyclic) bond motifs is 1. The smallest absolute Gasteiger partial charge is 0.489 e. The number of methoxy groups -OCH3 is 1. The number of hydrogen-bond acceptors (Lipinski definition) is 5. The van der Waals surface area contributed by atoms with Crippen LogP contribution in [-0.4, -0.2) is 25.7 Å². The quantitative estimate of drug-likeness (QED) is 0.620. The molecule has 0 aliphatic carbocycles. The second kappa shape index (κ2) is 6.52. The second-order valence-corrected chi connectivity index (χ2v) is 5.90. The molecule has 0 spiro atoms. The number of benzene rings is 1. The van der Waals surface area contributed by atoms with E-state index in [1.807, 2.05) is 20.8 Å². The van der Waals surface area contributed by atoms with Crippen molar-refractivity contribution < 1.29 is 23.7 Å². The summed E-state index contributed by atoms with van der Waals surface area (Å²) in [5.41, 5.74) is 4.16. The summed E-state index contributed by atoms with van der Waals surface area (Å²) in [5, 5.41) is 0. The van der Waals surface area contributed by atoms with Crippen molar-refractivity contribution in [1.82, 2.24) is 0 Å². The van der Waals surface area contributed by atoms with E-state index in [1.165, 1.54) is 7.11 Å². The number of hydrogen-bond donors (Lipinski definition) is 0. The van der Waals surface area contributed by atoms with Gasteiger partial charge in [-0.1, -0.05) is 12.7 Å². The first kappa shape index (κ1) is 17.2. The lowest BCUT2D eigenvalue weighted by Gasteiger charge is -2.36. The molecule has 1 unspecified atom stereocenters. The van der Waals surface area contributed by atoms with Gasteiger partial charge in [-0.2, -0.15) is 0 Å². The molecule has 1 heterocycles. The molecule has 23 heavy (non-hydrogen) atoms. The van der Waals surface area contributed by atoms with Gasteiger partial charge in [0.05, 0.1) is 7.11 Å². The zero-order valence-electron chi connectivity index (χ0n) is 14.4. The maximum absolute atomic E-state index is 11.4. The monoisotopic (exact) mass is 320 g/mol. The van der Waals surface area contributed by atoms with Gasteiger partial charge in [0.2, 0.25) is 0 Å². The van der Waals surface area contributed by atoms with Gasteiger partial charge in [0.15, 0.2) is 0 Å². The average molecular weight is 320 g/mol. The van der Waals surface area contributed by atoms with Crippen LogP contribution in [0.1, 0.15) is 35.6 Å². The van der Waals surface area contributed by atoms with Gasteiger partial charge < -0.3 is 18.9 Å². The first-order chi connectivity index (χ1) is 10.8. The van der Waals surface area contributed by atoms with Crippen LogP contribution < -0.4 is 9.47 Å². The Bertz CT molecular complexity index is 635. The van der Waals surface area contributed by atoms with Crippen LogP contribution in [0, 0.1) is 20.8 Å². The van der Waals surface area contributed by atoms with Crippen LogP contribution in [0.15, 0.2) is 12.7 Å². The first-order valence-electron chi connectivity index (χ1n) is 7.65. The zero-order chi connectivity index (χ0) is 17.2. The van der Waals surface area contributed by atoms with E-state index in [4.69, 9.17) is 14.2 Å². The minimum atomic E-state index is -1.02. The molecule has 0 aromatic heterocycles. The largest absolute Gasteiger partial charge is 0.511 e. The Labute approximate surface area is 137 Å².